The van der Waals surface area contributed by atoms with Crippen LogP contribution in [0.5, 0.6) is 5.75 Å². The van der Waals surface area contributed by atoms with Gasteiger partial charge in [-0.2, -0.15) is 0 Å². The van der Waals surface area contributed by atoms with Gasteiger partial charge < -0.3 is 14.8 Å². The molecule has 0 aliphatic rings. The van der Waals surface area contributed by atoms with Crippen LogP contribution in [0, 0.1) is 11.6 Å². The summed E-state index contributed by atoms with van der Waals surface area (Å²) in [4.78, 5) is 20.6. The quantitative estimate of drug-likeness (QED) is 0.401. The van der Waals surface area contributed by atoms with E-state index in [0.717, 1.165) is 0 Å². The fourth-order valence-electron chi connectivity index (χ4n) is 2.73. The number of nitrogens with one attached hydrogen (secondary N) is 1. The van der Waals surface area contributed by atoms with Crippen LogP contribution in [-0.2, 0) is 4.74 Å². The second kappa shape index (κ2) is 10.9. The molecule has 1 aromatic heterocycles. The minimum Gasteiger partial charge on any atom is -0.493 e. The van der Waals surface area contributed by atoms with Crippen LogP contribution in [-0.4, -0.2) is 36.2 Å². The Morgan fingerprint density at radius 1 is 1.10 bits per heavy atom. The average Bonchev–Trinajstić information content (AvgIpc) is 2.77. The van der Waals surface area contributed by atoms with Gasteiger partial charge in [-0.25, -0.2) is 13.8 Å². The first-order valence-corrected chi connectivity index (χ1v) is 9.53. The second-order valence-corrected chi connectivity index (χ2v) is 6.50. The molecule has 0 fully saturated rings. The number of rotatable bonds is 9. The molecule has 1 amide bonds. The van der Waals surface area contributed by atoms with Gasteiger partial charge in [-0.15, -0.1) is 0 Å². The summed E-state index contributed by atoms with van der Waals surface area (Å²) in [5.74, 6) is -1.04. The molecule has 0 bridgehead atoms. The normalized spacial score (nSPS) is 10.9. The molecule has 2 aromatic carbocycles. The minimum absolute atomic E-state index is 0.167. The highest BCUT2D eigenvalue weighted by atomic mass is 19.1. The Kier molecular flexibility index (Phi) is 7.78. The molecule has 160 valence electrons. The zero-order chi connectivity index (χ0) is 22.1. The van der Waals surface area contributed by atoms with E-state index < -0.39 is 17.5 Å². The summed E-state index contributed by atoms with van der Waals surface area (Å²) in [5, 5.41) is 2.65. The molecule has 0 saturated carbocycles. The number of ether oxygens (including phenoxy) is 2. The van der Waals surface area contributed by atoms with E-state index in [0.29, 0.717) is 42.3 Å². The van der Waals surface area contributed by atoms with Crippen LogP contribution in [0.1, 0.15) is 27.9 Å². The number of nitrogens with zero attached hydrogens (tertiary/aromatic N) is 2. The number of anilines is 1. The van der Waals surface area contributed by atoms with Gasteiger partial charge >= 0.3 is 0 Å². The van der Waals surface area contributed by atoms with Crippen LogP contribution >= 0.6 is 0 Å². The smallest absolute Gasteiger partial charge is 0.257 e. The van der Waals surface area contributed by atoms with Crippen LogP contribution in [0.3, 0.4) is 0 Å². The number of carbonyl (C=O) groups is 1. The molecule has 0 spiro atoms. The lowest BCUT2D eigenvalue weighted by molar-refractivity contribution is 0.102. The lowest BCUT2D eigenvalue weighted by Gasteiger charge is -2.10. The number of carbonyl (C=O) groups excluding carboxylic acids is 1. The Balaban J connectivity index is 1.87. The Hall–Kier alpha value is -3.65. The zero-order valence-electron chi connectivity index (χ0n) is 16.8. The van der Waals surface area contributed by atoms with Crippen molar-refractivity contribution in [2.75, 3.05) is 25.6 Å². The molecule has 6 nitrogen and oxygen atoms in total. The van der Waals surface area contributed by atoms with Gasteiger partial charge in [0.1, 0.15) is 17.4 Å². The first-order valence-electron chi connectivity index (χ1n) is 9.53. The first kappa shape index (κ1) is 22.0. The maximum atomic E-state index is 13.9. The fraction of sp³-hybridized carbons (Fsp3) is 0.174. The van der Waals surface area contributed by atoms with E-state index >= 15 is 0 Å². The van der Waals surface area contributed by atoms with E-state index in [9.17, 15) is 13.6 Å². The topological polar surface area (TPSA) is 73.3 Å². The monoisotopic (exact) mass is 425 g/mol. The van der Waals surface area contributed by atoms with Crippen molar-refractivity contribution < 1.29 is 23.0 Å². The predicted octanol–water partition coefficient (Wildman–Crippen LogP) is 4.59. The van der Waals surface area contributed by atoms with Crippen LogP contribution in [0.15, 0.2) is 55.0 Å². The number of benzene rings is 2. The molecular weight excluding hydrogens is 404 g/mol. The molecule has 1 N–H and O–H groups in total. The first-order chi connectivity index (χ1) is 15.1. The Bertz CT molecular complexity index is 1040. The lowest BCUT2D eigenvalue weighted by atomic mass is 10.1. The Morgan fingerprint density at radius 3 is 2.61 bits per heavy atom. The van der Waals surface area contributed by atoms with Crippen LogP contribution in [0.2, 0.25) is 0 Å². The molecule has 1 heterocycles. The van der Waals surface area contributed by atoms with E-state index in [2.05, 4.69) is 15.3 Å². The van der Waals surface area contributed by atoms with Crippen LogP contribution in [0.4, 0.5) is 14.6 Å². The molecule has 0 aliphatic heterocycles. The van der Waals surface area contributed by atoms with Gasteiger partial charge in [0, 0.05) is 43.7 Å². The maximum absolute atomic E-state index is 13.9. The van der Waals surface area contributed by atoms with Crippen molar-refractivity contribution in [2.24, 2.45) is 0 Å². The number of hydrogen-bond acceptors (Lipinski definition) is 5. The van der Waals surface area contributed by atoms with Crippen molar-refractivity contribution in [2.45, 2.75) is 6.42 Å². The standard InChI is InChI=1S/C23H21F2N3O3/c1-30-10-3-11-31-18-13-16(6-7-19-20(24)4-2-5-21(19)25)12-17(14-18)23(29)28-22-15-26-8-9-27-22/h2,4-9,12-15H,3,10-11H2,1H3,(H,27,28,29)/b7-6+. The summed E-state index contributed by atoms with van der Waals surface area (Å²) in [6.45, 7) is 0.917. The molecular formula is C23H21F2N3O3. The number of methoxy groups -OCH3 is 1. The van der Waals surface area contributed by atoms with Crippen molar-refractivity contribution in [3.05, 3.63) is 83.3 Å². The minimum atomic E-state index is -0.677. The molecule has 0 unspecified atom stereocenters. The highest BCUT2D eigenvalue weighted by Gasteiger charge is 2.11. The number of halogens is 2. The van der Waals surface area contributed by atoms with E-state index in [4.69, 9.17) is 9.47 Å². The predicted molar refractivity (Wildman–Crippen MR) is 114 cm³/mol. The highest BCUT2D eigenvalue weighted by Crippen LogP contribution is 2.22. The summed E-state index contributed by atoms with van der Waals surface area (Å²) >= 11 is 0. The van der Waals surface area contributed by atoms with E-state index in [-0.39, 0.29) is 5.56 Å². The third-order valence-electron chi connectivity index (χ3n) is 4.20. The number of hydrogen-bond donors (Lipinski definition) is 1. The number of aromatic nitrogens is 2. The molecule has 0 radical (unpaired) electrons. The summed E-state index contributed by atoms with van der Waals surface area (Å²) in [5.41, 5.74) is 0.666. The van der Waals surface area contributed by atoms with Crippen molar-refractivity contribution in [1.82, 2.24) is 9.97 Å². The highest BCUT2D eigenvalue weighted by molar-refractivity contribution is 6.04. The van der Waals surface area contributed by atoms with Gasteiger partial charge in [0.15, 0.2) is 5.82 Å². The van der Waals surface area contributed by atoms with Crippen molar-refractivity contribution >= 4 is 23.9 Å². The average molecular weight is 425 g/mol. The van der Waals surface area contributed by atoms with Crippen LogP contribution < -0.4 is 10.1 Å². The SMILES string of the molecule is COCCCOc1cc(/C=C/c2c(F)cccc2F)cc(C(=O)Nc2cnccn2)c1. The number of amides is 1. The third kappa shape index (κ3) is 6.42. The summed E-state index contributed by atoms with van der Waals surface area (Å²) in [6, 6.07) is 8.50. The summed E-state index contributed by atoms with van der Waals surface area (Å²) < 4.78 is 38.6. The molecule has 8 heteroatoms. The van der Waals surface area contributed by atoms with Gasteiger partial charge in [0.25, 0.3) is 5.91 Å². The van der Waals surface area contributed by atoms with E-state index in [1.807, 2.05) is 0 Å². The van der Waals surface area contributed by atoms with Crippen molar-refractivity contribution in [3.8, 4) is 5.75 Å². The van der Waals surface area contributed by atoms with Gasteiger partial charge in [-0.1, -0.05) is 12.1 Å². The van der Waals surface area contributed by atoms with Gasteiger partial charge in [0.05, 0.1) is 12.8 Å². The Labute approximate surface area is 178 Å². The van der Waals surface area contributed by atoms with Crippen molar-refractivity contribution in [1.29, 1.82) is 0 Å². The van der Waals surface area contributed by atoms with Gasteiger partial charge in [0.2, 0.25) is 0 Å². The van der Waals surface area contributed by atoms with E-state index in [1.165, 1.54) is 48.9 Å². The van der Waals surface area contributed by atoms with Crippen molar-refractivity contribution in [3.63, 3.8) is 0 Å². The summed E-state index contributed by atoms with van der Waals surface area (Å²) in [7, 11) is 1.60. The maximum Gasteiger partial charge on any atom is 0.257 e. The van der Waals surface area contributed by atoms with Gasteiger partial charge in [-0.3, -0.25) is 9.78 Å². The molecule has 3 aromatic rings. The molecule has 0 atom stereocenters. The zero-order valence-corrected chi connectivity index (χ0v) is 16.8. The van der Waals surface area contributed by atoms with Gasteiger partial charge in [-0.05, 0) is 42.0 Å². The Morgan fingerprint density at radius 2 is 1.90 bits per heavy atom. The largest absolute Gasteiger partial charge is 0.493 e. The molecule has 0 saturated heterocycles. The molecule has 3 rings (SSSR count). The lowest BCUT2D eigenvalue weighted by Crippen LogP contribution is -2.13. The fourth-order valence-corrected chi connectivity index (χ4v) is 2.73. The summed E-state index contributed by atoms with van der Waals surface area (Å²) in [6.07, 6.45) is 7.88. The molecule has 0 aliphatic carbocycles. The molecule has 31 heavy (non-hydrogen) atoms. The second-order valence-electron chi connectivity index (χ2n) is 6.50. The third-order valence-corrected chi connectivity index (χ3v) is 4.20. The van der Waals surface area contributed by atoms with E-state index in [1.54, 1.807) is 25.3 Å². The van der Waals surface area contributed by atoms with Crippen LogP contribution in [0.25, 0.3) is 12.2 Å².